The Morgan fingerprint density at radius 2 is 1.97 bits per heavy atom. The van der Waals surface area contributed by atoms with Gasteiger partial charge in [0.1, 0.15) is 5.69 Å². The summed E-state index contributed by atoms with van der Waals surface area (Å²) in [7, 11) is 1.44. The minimum absolute atomic E-state index is 0.143. The molecule has 8 nitrogen and oxygen atoms in total. The van der Waals surface area contributed by atoms with E-state index in [1.165, 1.54) is 31.9 Å². The van der Waals surface area contributed by atoms with Crippen molar-refractivity contribution in [3.8, 4) is 11.5 Å². The molecule has 3 aromatic rings. The number of methoxy groups -OCH3 is 1. The van der Waals surface area contributed by atoms with Gasteiger partial charge in [0, 0.05) is 12.4 Å². The smallest absolute Gasteiger partial charge is 0.345 e. The Labute approximate surface area is 171 Å². The van der Waals surface area contributed by atoms with E-state index in [0.717, 1.165) is 0 Å². The Morgan fingerprint density at radius 3 is 2.69 bits per heavy atom. The standard InChI is InChI=1S/C20H15ClN4O4/c1-28-18-10-13(11-24-25-19(26)16-12-22-8-9-23-16)6-7-17(18)29-20(27)14-4-2-3-5-15(14)21/h2-12H,1H3,(H,25,26). The minimum Gasteiger partial charge on any atom is -0.493 e. The van der Waals surface area contributed by atoms with Gasteiger partial charge in [-0.1, -0.05) is 23.7 Å². The second kappa shape index (κ2) is 9.43. The van der Waals surface area contributed by atoms with E-state index in [1.54, 1.807) is 42.5 Å². The van der Waals surface area contributed by atoms with Crippen LogP contribution in [0.2, 0.25) is 5.02 Å². The molecule has 0 saturated carbocycles. The Hall–Kier alpha value is -3.78. The Balaban J connectivity index is 1.69. The first-order valence-electron chi connectivity index (χ1n) is 8.32. The molecule has 3 rings (SSSR count). The highest BCUT2D eigenvalue weighted by Gasteiger charge is 2.15. The first-order chi connectivity index (χ1) is 14.1. The summed E-state index contributed by atoms with van der Waals surface area (Å²) in [5, 5.41) is 4.16. The number of halogens is 1. The second-order valence-corrected chi connectivity index (χ2v) is 5.98. The summed E-state index contributed by atoms with van der Waals surface area (Å²) in [6.45, 7) is 0. The lowest BCUT2D eigenvalue weighted by atomic mass is 10.2. The zero-order valence-electron chi connectivity index (χ0n) is 15.2. The Kier molecular flexibility index (Phi) is 6.49. The zero-order valence-corrected chi connectivity index (χ0v) is 16.0. The van der Waals surface area contributed by atoms with Crippen LogP contribution < -0.4 is 14.9 Å². The van der Waals surface area contributed by atoms with E-state index >= 15 is 0 Å². The predicted octanol–water partition coefficient (Wildman–Crippen LogP) is 3.12. The summed E-state index contributed by atoms with van der Waals surface area (Å²) in [5.41, 5.74) is 3.34. The molecule has 0 spiro atoms. The highest BCUT2D eigenvalue weighted by molar-refractivity contribution is 6.33. The van der Waals surface area contributed by atoms with Gasteiger partial charge in [-0.3, -0.25) is 9.78 Å². The molecule has 1 N–H and O–H groups in total. The van der Waals surface area contributed by atoms with Gasteiger partial charge in [0.2, 0.25) is 0 Å². The first kappa shape index (κ1) is 20.0. The number of carbonyl (C=O) groups excluding carboxylic acids is 2. The van der Waals surface area contributed by atoms with Crippen molar-refractivity contribution in [3.63, 3.8) is 0 Å². The second-order valence-electron chi connectivity index (χ2n) is 5.57. The molecule has 2 aromatic carbocycles. The number of esters is 1. The van der Waals surface area contributed by atoms with Crippen LogP contribution >= 0.6 is 11.6 Å². The monoisotopic (exact) mass is 410 g/mol. The van der Waals surface area contributed by atoms with E-state index in [-0.39, 0.29) is 17.0 Å². The van der Waals surface area contributed by atoms with Crippen molar-refractivity contribution in [2.45, 2.75) is 0 Å². The van der Waals surface area contributed by atoms with Crippen molar-refractivity contribution in [1.29, 1.82) is 0 Å². The summed E-state index contributed by atoms with van der Waals surface area (Å²) in [6.07, 6.45) is 5.62. The molecule has 0 fully saturated rings. The van der Waals surface area contributed by atoms with Crippen LogP contribution in [-0.4, -0.2) is 35.2 Å². The number of nitrogens with one attached hydrogen (secondary N) is 1. The molecule has 0 radical (unpaired) electrons. The summed E-state index contributed by atoms with van der Waals surface area (Å²) < 4.78 is 10.7. The highest BCUT2D eigenvalue weighted by atomic mass is 35.5. The molecule has 0 aliphatic rings. The maximum atomic E-state index is 12.3. The fourth-order valence-electron chi connectivity index (χ4n) is 2.27. The van der Waals surface area contributed by atoms with Crippen LogP contribution in [0.1, 0.15) is 26.4 Å². The van der Waals surface area contributed by atoms with Crippen LogP contribution in [-0.2, 0) is 0 Å². The normalized spacial score (nSPS) is 10.6. The molecule has 0 atom stereocenters. The molecule has 0 unspecified atom stereocenters. The fraction of sp³-hybridized carbons (Fsp3) is 0.0500. The van der Waals surface area contributed by atoms with Gasteiger partial charge in [0.05, 0.1) is 30.1 Å². The van der Waals surface area contributed by atoms with Crippen LogP contribution in [0.5, 0.6) is 11.5 Å². The SMILES string of the molecule is COc1cc(C=NNC(=O)c2cnccn2)ccc1OC(=O)c1ccccc1Cl. The lowest BCUT2D eigenvalue weighted by molar-refractivity contribution is 0.0729. The van der Waals surface area contributed by atoms with Gasteiger partial charge in [-0.2, -0.15) is 5.10 Å². The Morgan fingerprint density at radius 1 is 1.14 bits per heavy atom. The molecule has 1 heterocycles. The van der Waals surface area contributed by atoms with E-state index in [4.69, 9.17) is 21.1 Å². The number of amides is 1. The molecule has 1 aromatic heterocycles. The quantitative estimate of drug-likeness (QED) is 0.290. The number of rotatable bonds is 6. The molecule has 0 aliphatic heterocycles. The number of hydrazone groups is 1. The molecular formula is C20H15ClN4O4. The van der Waals surface area contributed by atoms with E-state index < -0.39 is 11.9 Å². The topological polar surface area (TPSA) is 103 Å². The first-order valence-corrected chi connectivity index (χ1v) is 8.70. The van der Waals surface area contributed by atoms with Gasteiger partial charge in [0.15, 0.2) is 11.5 Å². The molecule has 0 bridgehead atoms. The molecule has 0 saturated heterocycles. The van der Waals surface area contributed by atoms with Gasteiger partial charge >= 0.3 is 5.97 Å². The van der Waals surface area contributed by atoms with Crippen LogP contribution in [0, 0.1) is 0 Å². The number of nitrogens with zero attached hydrogens (tertiary/aromatic N) is 3. The summed E-state index contributed by atoms with van der Waals surface area (Å²) in [6, 6.07) is 11.4. The lowest BCUT2D eigenvalue weighted by Crippen LogP contribution is -2.19. The molecule has 0 aliphatic carbocycles. The van der Waals surface area contributed by atoms with Crippen LogP contribution in [0.3, 0.4) is 0 Å². The largest absolute Gasteiger partial charge is 0.493 e. The number of ether oxygens (including phenoxy) is 2. The molecule has 146 valence electrons. The molecule has 1 amide bonds. The van der Waals surface area contributed by atoms with Crippen LogP contribution in [0.4, 0.5) is 0 Å². The van der Waals surface area contributed by atoms with Crippen LogP contribution in [0.25, 0.3) is 0 Å². The van der Waals surface area contributed by atoms with E-state index in [2.05, 4.69) is 20.5 Å². The van der Waals surface area contributed by atoms with E-state index in [1.807, 2.05) is 0 Å². The van der Waals surface area contributed by atoms with Crippen molar-refractivity contribution >= 4 is 29.7 Å². The summed E-state index contributed by atoms with van der Waals surface area (Å²) >= 11 is 6.02. The average molecular weight is 411 g/mol. The fourth-order valence-corrected chi connectivity index (χ4v) is 2.48. The van der Waals surface area contributed by atoms with Crippen molar-refractivity contribution in [3.05, 3.63) is 82.9 Å². The zero-order chi connectivity index (χ0) is 20.6. The van der Waals surface area contributed by atoms with Crippen LogP contribution in [0.15, 0.2) is 66.2 Å². The number of aromatic nitrogens is 2. The van der Waals surface area contributed by atoms with Crippen molar-refractivity contribution in [1.82, 2.24) is 15.4 Å². The lowest BCUT2D eigenvalue weighted by Gasteiger charge is -2.10. The van der Waals surface area contributed by atoms with Gasteiger partial charge in [-0.05, 0) is 35.9 Å². The predicted molar refractivity (Wildman–Crippen MR) is 106 cm³/mol. The molecular weight excluding hydrogens is 396 g/mol. The third-order valence-corrected chi connectivity index (χ3v) is 3.99. The van der Waals surface area contributed by atoms with Gasteiger partial charge in [-0.15, -0.1) is 0 Å². The number of hydrogen-bond donors (Lipinski definition) is 1. The minimum atomic E-state index is -0.605. The molecule has 29 heavy (non-hydrogen) atoms. The summed E-state index contributed by atoms with van der Waals surface area (Å²) in [5.74, 6) is -0.564. The van der Waals surface area contributed by atoms with Gasteiger partial charge in [-0.25, -0.2) is 15.2 Å². The maximum Gasteiger partial charge on any atom is 0.345 e. The average Bonchev–Trinajstić information content (AvgIpc) is 2.75. The van der Waals surface area contributed by atoms with Gasteiger partial charge < -0.3 is 9.47 Å². The highest BCUT2D eigenvalue weighted by Crippen LogP contribution is 2.29. The van der Waals surface area contributed by atoms with Crippen molar-refractivity contribution in [2.24, 2.45) is 5.10 Å². The van der Waals surface area contributed by atoms with Crippen molar-refractivity contribution < 1.29 is 19.1 Å². The van der Waals surface area contributed by atoms with Crippen molar-refractivity contribution in [2.75, 3.05) is 7.11 Å². The maximum absolute atomic E-state index is 12.3. The summed E-state index contributed by atoms with van der Waals surface area (Å²) in [4.78, 5) is 31.9. The third-order valence-electron chi connectivity index (χ3n) is 3.66. The number of carbonyl (C=O) groups is 2. The van der Waals surface area contributed by atoms with E-state index in [0.29, 0.717) is 16.3 Å². The van der Waals surface area contributed by atoms with E-state index in [9.17, 15) is 9.59 Å². The number of hydrogen-bond acceptors (Lipinski definition) is 7. The molecule has 9 heteroatoms. The number of benzene rings is 2. The Bertz CT molecular complexity index is 1060. The van der Waals surface area contributed by atoms with Gasteiger partial charge in [0.25, 0.3) is 5.91 Å². The third kappa shape index (κ3) is 5.14.